The molecule has 17 heavy (non-hydrogen) atoms. The molecule has 0 radical (unpaired) electrons. The van der Waals surface area contributed by atoms with E-state index in [0.717, 1.165) is 6.42 Å². The quantitative estimate of drug-likeness (QED) is 0.792. The summed E-state index contributed by atoms with van der Waals surface area (Å²) in [6, 6.07) is 1.87. The van der Waals surface area contributed by atoms with Crippen LogP contribution >= 0.6 is 0 Å². The zero-order chi connectivity index (χ0) is 12.0. The third-order valence-corrected chi connectivity index (χ3v) is 5.13. The van der Waals surface area contributed by atoms with Crippen LogP contribution in [0.25, 0.3) is 0 Å². The van der Waals surface area contributed by atoms with Gasteiger partial charge in [0, 0.05) is 24.0 Å². The number of carbonyl (C=O) groups excluding carboxylic acids is 1. The van der Waals surface area contributed by atoms with Crippen LogP contribution in [0.3, 0.4) is 0 Å². The Morgan fingerprint density at radius 2 is 1.76 bits per heavy atom. The third-order valence-electron chi connectivity index (χ3n) is 5.13. The van der Waals surface area contributed by atoms with Gasteiger partial charge in [-0.05, 0) is 45.1 Å². The fourth-order valence-corrected chi connectivity index (χ4v) is 3.73. The molecule has 2 heterocycles. The number of hydrogen-bond acceptors (Lipinski definition) is 2. The Morgan fingerprint density at radius 3 is 2.29 bits per heavy atom. The average Bonchev–Trinajstić information content (AvgIpc) is 2.97. The lowest BCUT2D eigenvalue weighted by Crippen LogP contribution is -2.55. The van der Waals surface area contributed by atoms with Crippen LogP contribution in [0, 0.1) is 11.8 Å². The normalized spacial score (nSPS) is 45.4. The van der Waals surface area contributed by atoms with Crippen LogP contribution in [0.2, 0.25) is 0 Å². The summed E-state index contributed by atoms with van der Waals surface area (Å²) in [7, 11) is 2.26. The van der Waals surface area contributed by atoms with Crippen molar-refractivity contribution in [3.8, 4) is 0 Å². The van der Waals surface area contributed by atoms with E-state index in [0.29, 0.717) is 35.9 Å². The van der Waals surface area contributed by atoms with Crippen LogP contribution in [0.15, 0.2) is 0 Å². The first-order valence-electron chi connectivity index (χ1n) is 7.17. The average molecular weight is 236 g/mol. The van der Waals surface area contributed by atoms with E-state index in [1.807, 2.05) is 0 Å². The van der Waals surface area contributed by atoms with Crippen molar-refractivity contribution in [2.75, 3.05) is 7.05 Å². The van der Waals surface area contributed by atoms with Gasteiger partial charge in [-0.2, -0.15) is 0 Å². The summed E-state index contributed by atoms with van der Waals surface area (Å²) in [5.74, 6) is 1.28. The summed E-state index contributed by atoms with van der Waals surface area (Å²) in [5, 5.41) is 3.29. The molecule has 2 aliphatic heterocycles. The molecule has 3 fully saturated rings. The largest absolute Gasteiger partial charge is 0.353 e. The van der Waals surface area contributed by atoms with Crippen molar-refractivity contribution in [2.24, 2.45) is 11.8 Å². The fourth-order valence-electron chi connectivity index (χ4n) is 3.73. The molecular formula is C14H24N2O. The molecule has 3 aliphatic rings. The van der Waals surface area contributed by atoms with Crippen molar-refractivity contribution >= 4 is 5.91 Å². The maximum absolute atomic E-state index is 12.0. The van der Waals surface area contributed by atoms with Crippen molar-refractivity contribution in [1.29, 1.82) is 0 Å². The first kappa shape index (κ1) is 11.5. The zero-order valence-electron chi connectivity index (χ0n) is 11.0. The minimum absolute atomic E-state index is 0.324. The van der Waals surface area contributed by atoms with Gasteiger partial charge in [0.2, 0.25) is 5.91 Å². The highest BCUT2D eigenvalue weighted by molar-refractivity contribution is 5.81. The highest BCUT2D eigenvalue weighted by atomic mass is 16.2. The highest BCUT2D eigenvalue weighted by Gasteiger charge is 2.42. The van der Waals surface area contributed by atoms with E-state index >= 15 is 0 Å². The molecule has 1 saturated carbocycles. The Hall–Kier alpha value is -0.570. The Bertz CT molecular complexity index is 303. The Labute approximate surface area is 104 Å². The Morgan fingerprint density at radius 1 is 1.18 bits per heavy atom. The second-order valence-electron chi connectivity index (χ2n) is 6.40. The molecule has 0 aromatic heterocycles. The van der Waals surface area contributed by atoms with Crippen LogP contribution in [0.5, 0.6) is 0 Å². The number of piperidine rings is 2. The molecule has 2 bridgehead atoms. The summed E-state index contributed by atoms with van der Waals surface area (Å²) >= 11 is 0. The molecule has 1 amide bonds. The lowest BCUT2D eigenvalue weighted by molar-refractivity contribution is -0.124. The van der Waals surface area contributed by atoms with Crippen molar-refractivity contribution in [2.45, 2.75) is 63.6 Å². The van der Waals surface area contributed by atoms with E-state index in [1.165, 1.54) is 32.1 Å². The van der Waals surface area contributed by atoms with Crippen molar-refractivity contribution in [3.63, 3.8) is 0 Å². The van der Waals surface area contributed by atoms with Gasteiger partial charge in [0.1, 0.15) is 0 Å². The van der Waals surface area contributed by atoms with Crippen LogP contribution in [-0.4, -0.2) is 36.0 Å². The summed E-state index contributed by atoms with van der Waals surface area (Å²) in [4.78, 5) is 14.5. The summed E-state index contributed by atoms with van der Waals surface area (Å²) in [5.41, 5.74) is 0. The molecule has 2 saturated heterocycles. The van der Waals surface area contributed by atoms with E-state index < -0.39 is 0 Å². The van der Waals surface area contributed by atoms with Gasteiger partial charge >= 0.3 is 0 Å². The Kier molecular flexibility index (Phi) is 2.89. The predicted molar refractivity (Wildman–Crippen MR) is 67.6 cm³/mol. The standard InChI is InChI=1S/C14H24N2O/c1-9-6-13(9)14(17)15-10-7-11-4-3-5-12(8-10)16(11)2/h9-13H,3-8H2,1-2H3,(H,15,17). The van der Waals surface area contributed by atoms with Gasteiger partial charge in [0.25, 0.3) is 0 Å². The SMILES string of the molecule is CC1CC1C(=O)NC1CC2CCCC(C1)N2C. The smallest absolute Gasteiger partial charge is 0.223 e. The molecule has 3 rings (SSSR count). The van der Waals surface area contributed by atoms with Crippen LogP contribution in [0.1, 0.15) is 45.4 Å². The van der Waals surface area contributed by atoms with Gasteiger partial charge in [-0.25, -0.2) is 0 Å². The second kappa shape index (κ2) is 4.27. The topological polar surface area (TPSA) is 32.3 Å². The van der Waals surface area contributed by atoms with E-state index in [-0.39, 0.29) is 0 Å². The molecule has 0 aromatic carbocycles. The molecule has 96 valence electrons. The number of hydrogen-bond donors (Lipinski definition) is 1. The van der Waals surface area contributed by atoms with Gasteiger partial charge < -0.3 is 10.2 Å². The van der Waals surface area contributed by atoms with Crippen molar-refractivity contribution in [1.82, 2.24) is 10.2 Å². The molecule has 0 aromatic rings. The molecule has 3 heteroatoms. The molecule has 3 nitrogen and oxygen atoms in total. The zero-order valence-corrected chi connectivity index (χ0v) is 11.0. The monoisotopic (exact) mass is 236 g/mol. The number of fused-ring (bicyclic) bond motifs is 2. The van der Waals surface area contributed by atoms with E-state index in [4.69, 9.17) is 0 Å². The number of nitrogens with zero attached hydrogens (tertiary/aromatic N) is 1. The van der Waals surface area contributed by atoms with Crippen molar-refractivity contribution < 1.29 is 4.79 Å². The molecule has 4 unspecified atom stereocenters. The van der Waals surface area contributed by atoms with E-state index in [9.17, 15) is 4.79 Å². The molecular weight excluding hydrogens is 212 g/mol. The van der Waals surface area contributed by atoms with Gasteiger partial charge in [-0.3, -0.25) is 4.79 Å². The van der Waals surface area contributed by atoms with Gasteiger partial charge in [-0.15, -0.1) is 0 Å². The number of rotatable bonds is 2. The van der Waals surface area contributed by atoms with E-state index in [2.05, 4.69) is 24.2 Å². The molecule has 4 atom stereocenters. The van der Waals surface area contributed by atoms with Crippen LogP contribution in [0.4, 0.5) is 0 Å². The number of nitrogens with one attached hydrogen (secondary N) is 1. The summed E-state index contributed by atoms with van der Waals surface area (Å²) in [6.07, 6.45) is 7.45. The maximum Gasteiger partial charge on any atom is 0.223 e. The second-order valence-corrected chi connectivity index (χ2v) is 6.40. The predicted octanol–water partition coefficient (Wildman–Crippen LogP) is 1.77. The summed E-state index contributed by atoms with van der Waals surface area (Å²) in [6.45, 7) is 2.17. The van der Waals surface area contributed by atoms with Crippen LogP contribution in [-0.2, 0) is 4.79 Å². The first-order valence-corrected chi connectivity index (χ1v) is 7.17. The maximum atomic E-state index is 12.0. The lowest BCUT2D eigenvalue weighted by Gasteiger charge is -2.47. The highest BCUT2D eigenvalue weighted by Crippen LogP contribution is 2.38. The third kappa shape index (κ3) is 2.22. The minimum atomic E-state index is 0.324. The van der Waals surface area contributed by atoms with Gasteiger partial charge in [0.05, 0.1) is 0 Å². The van der Waals surface area contributed by atoms with Crippen LogP contribution < -0.4 is 5.32 Å². The van der Waals surface area contributed by atoms with Gasteiger partial charge in [-0.1, -0.05) is 13.3 Å². The first-order chi connectivity index (χ1) is 8.15. The number of amides is 1. The Balaban J connectivity index is 1.57. The van der Waals surface area contributed by atoms with Gasteiger partial charge in [0.15, 0.2) is 0 Å². The molecule has 1 aliphatic carbocycles. The molecule has 0 spiro atoms. The summed E-state index contributed by atoms with van der Waals surface area (Å²) < 4.78 is 0. The lowest BCUT2D eigenvalue weighted by atomic mass is 9.82. The minimum Gasteiger partial charge on any atom is -0.353 e. The van der Waals surface area contributed by atoms with Crippen molar-refractivity contribution in [3.05, 3.63) is 0 Å². The molecule has 1 N–H and O–H groups in total. The van der Waals surface area contributed by atoms with E-state index in [1.54, 1.807) is 0 Å². The number of carbonyl (C=O) groups is 1. The fraction of sp³-hybridized carbons (Fsp3) is 0.929.